The molecule has 0 aliphatic heterocycles. The molecule has 0 amide bonds. The molecule has 0 saturated heterocycles. The fraction of sp³-hybridized carbons (Fsp3) is 0.929. The molecule has 0 aliphatic rings. The van der Waals surface area contributed by atoms with Crippen LogP contribution in [-0.4, -0.2) is 85.9 Å². The Labute approximate surface area is 194 Å². The van der Waals surface area contributed by atoms with Gasteiger partial charge in [0, 0.05) is 20.0 Å². The second kappa shape index (κ2) is 9.74. The van der Waals surface area contributed by atoms with Gasteiger partial charge in [0.1, 0.15) is 6.61 Å². The van der Waals surface area contributed by atoms with E-state index < -0.39 is 86.8 Å². The maximum Gasteiger partial charge on any atom is 0.460 e. The van der Waals surface area contributed by atoms with E-state index in [9.17, 15) is 87.8 Å². The minimum Gasteiger partial charge on any atom is -0.464 e. The molecule has 0 atom stereocenters. The molecule has 0 aromatic rings. The van der Waals surface area contributed by atoms with E-state index in [1.165, 1.54) is 0 Å². The highest BCUT2D eigenvalue weighted by Gasteiger charge is 2.96. The lowest BCUT2D eigenvalue weighted by molar-refractivity contribution is -0.458. The summed E-state index contributed by atoms with van der Waals surface area (Å²) in [5.41, 5.74) is 0. The van der Waals surface area contributed by atoms with Crippen LogP contribution in [0.25, 0.3) is 0 Å². The van der Waals surface area contributed by atoms with E-state index in [-0.39, 0.29) is 7.05 Å². The van der Waals surface area contributed by atoms with Gasteiger partial charge >= 0.3 is 52.9 Å². The molecule has 0 unspecified atom stereocenters. The van der Waals surface area contributed by atoms with Crippen molar-refractivity contribution in [1.82, 2.24) is 4.31 Å². The molecule has 23 heteroatoms. The Kier molecular flexibility index (Phi) is 9.26. The number of nitrogens with zero attached hydrogens (tertiary/aromatic N) is 1. The Bertz CT molecular complexity index is 944. The highest BCUT2D eigenvalue weighted by atomic mass is 32.2. The third-order valence-electron chi connectivity index (χ3n) is 4.39. The summed E-state index contributed by atoms with van der Waals surface area (Å²) in [4.78, 5) is 10.9. The van der Waals surface area contributed by atoms with Crippen molar-refractivity contribution in [2.45, 2.75) is 60.3 Å². The van der Waals surface area contributed by atoms with Crippen molar-refractivity contribution in [1.29, 1.82) is 0 Å². The van der Waals surface area contributed by atoms with Crippen molar-refractivity contribution in [2.75, 3.05) is 20.2 Å². The zero-order valence-electron chi connectivity index (χ0n) is 17.5. The van der Waals surface area contributed by atoms with Crippen molar-refractivity contribution in [3.8, 4) is 0 Å². The van der Waals surface area contributed by atoms with E-state index in [4.69, 9.17) is 0 Å². The first-order valence-electron chi connectivity index (χ1n) is 8.70. The monoisotopic (exact) mass is 613 g/mol. The van der Waals surface area contributed by atoms with E-state index in [1.54, 1.807) is 0 Å². The van der Waals surface area contributed by atoms with Gasteiger partial charge in [0.05, 0.1) is 0 Å². The molecule has 0 N–H and O–H groups in total. The largest absolute Gasteiger partial charge is 0.464 e. The molecule has 0 aliphatic carbocycles. The van der Waals surface area contributed by atoms with Gasteiger partial charge in [-0.3, -0.25) is 4.79 Å². The molecular weight excluding hydrogens is 601 g/mol. The van der Waals surface area contributed by atoms with Gasteiger partial charge in [-0.05, 0) is 0 Å². The van der Waals surface area contributed by atoms with Crippen LogP contribution >= 0.6 is 0 Å². The van der Waals surface area contributed by atoms with Crippen molar-refractivity contribution in [2.24, 2.45) is 0 Å². The van der Waals surface area contributed by atoms with Gasteiger partial charge in [0.15, 0.2) is 0 Å². The van der Waals surface area contributed by atoms with E-state index in [0.29, 0.717) is 0 Å². The van der Waals surface area contributed by atoms with Crippen molar-refractivity contribution >= 4 is 16.0 Å². The average Bonchev–Trinajstić information content (AvgIpc) is 2.71. The smallest absolute Gasteiger partial charge is 0.460 e. The van der Waals surface area contributed by atoms with Crippen LogP contribution < -0.4 is 0 Å². The summed E-state index contributed by atoms with van der Waals surface area (Å²) in [5.74, 6) is -53.1. The zero-order valence-corrected chi connectivity index (χ0v) is 18.4. The Balaban J connectivity index is 6.69. The lowest BCUT2D eigenvalue weighted by atomic mass is 9.91. The van der Waals surface area contributed by atoms with Crippen LogP contribution in [-0.2, 0) is 19.6 Å². The van der Waals surface area contributed by atoms with Crippen molar-refractivity contribution in [3.05, 3.63) is 0 Å². The molecule has 0 heterocycles. The summed E-state index contributed by atoms with van der Waals surface area (Å²) < 4.78 is 251. The van der Waals surface area contributed by atoms with Gasteiger partial charge in [-0.1, -0.05) is 6.92 Å². The van der Waals surface area contributed by atoms with Crippen molar-refractivity contribution < 1.29 is 92.6 Å². The SMILES string of the molecule is CCC(=O)OCCN(C)S(=O)(=O)C(F)(F)C(F)(F)C(F)(F)C(F)(F)C(F)(F)C(F)(F)C(F)(F)C(F)(F)F. The molecule has 0 bridgehead atoms. The number of alkyl halides is 17. The van der Waals surface area contributed by atoms with Gasteiger partial charge in [-0.15, -0.1) is 0 Å². The van der Waals surface area contributed by atoms with Gasteiger partial charge in [-0.25, -0.2) is 8.42 Å². The maximum absolute atomic E-state index is 14.0. The Morgan fingerprint density at radius 2 is 0.973 bits per heavy atom. The van der Waals surface area contributed by atoms with Gasteiger partial charge in [0.25, 0.3) is 10.0 Å². The molecule has 0 aromatic heterocycles. The highest BCUT2D eigenvalue weighted by Crippen LogP contribution is 2.64. The molecule has 0 aromatic carbocycles. The number of ether oxygens (including phenoxy) is 1. The average molecular weight is 613 g/mol. The van der Waals surface area contributed by atoms with Crippen LogP contribution in [0.1, 0.15) is 13.3 Å². The number of hydrogen-bond donors (Lipinski definition) is 0. The summed E-state index contributed by atoms with van der Waals surface area (Å²) >= 11 is 0. The lowest BCUT2D eigenvalue weighted by Crippen LogP contribution is -2.75. The van der Waals surface area contributed by atoms with Gasteiger partial charge < -0.3 is 4.74 Å². The fourth-order valence-electron chi connectivity index (χ4n) is 2.02. The first kappa shape index (κ1) is 35.2. The Morgan fingerprint density at radius 3 is 1.30 bits per heavy atom. The van der Waals surface area contributed by atoms with Crippen LogP contribution in [0.15, 0.2) is 0 Å². The number of halogens is 17. The number of rotatable bonds is 12. The molecular formula is C14H12F17NO4S. The number of esters is 1. The summed E-state index contributed by atoms with van der Waals surface area (Å²) in [5, 5.41) is -7.64. The standard InChI is InChI=1S/C14H12F17NO4S/c1-3-6(33)36-5-4-32(2)37(34,35)14(30,31)12(25,26)10(21,22)8(17,18)7(15,16)9(19,20)11(23,24)13(27,28)29/h3-5H2,1-2H3. The summed E-state index contributed by atoms with van der Waals surface area (Å²) in [6, 6.07) is 0. The Morgan fingerprint density at radius 1 is 0.649 bits per heavy atom. The van der Waals surface area contributed by atoms with Crippen molar-refractivity contribution in [3.63, 3.8) is 0 Å². The van der Waals surface area contributed by atoms with Crippen LogP contribution in [0.4, 0.5) is 74.6 Å². The topological polar surface area (TPSA) is 63.7 Å². The van der Waals surface area contributed by atoms with Crippen LogP contribution in [0.2, 0.25) is 0 Å². The normalized spacial score (nSPS) is 15.8. The third kappa shape index (κ3) is 5.00. The molecule has 0 spiro atoms. The predicted molar refractivity (Wildman–Crippen MR) is 83.5 cm³/mol. The van der Waals surface area contributed by atoms with Crippen LogP contribution in [0.3, 0.4) is 0 Å². The molecule has 0 rings (SSSR count). The number of likely N-dealkylation sites (N-methyl/N-ethyl adjacent to an activating group) is 1. The van der Waals surface area contributed by atoms with E-state index in [0.717, 1.165) is 6.92 Å². The highest BCUT2D eigenvalue weighted by molar-refractivity contribution is 7.90. The van der Waals surface area contributed by atoms with Gasteiger partial charge in [0.2, 0.25) is 0 Å². The molecule has 0 saturated carbocycles. The number of hydrogen-bond acceptors (Lipinski definition) is 4. The second-order valence-corrected chi connectivity index (χ2v) is 8.95. The molecule has 0 fully saturated rings. The number of sulfonamides is 1. The maximum atomic E-state index is 14.0. The van der Waals surface area contributed by atoms with E-state index >= 15 is 0 Å². The molecule has 5 nitrogen and oxygen atoms in total. The Hall–Kier alpha value is -1.81. The first-order chi connectivity index (χ1) is 15.9. The minimum absolute atomic E-state index is 0.151. The molecule has 0 radical (unpaired) electrons. The van der Waals surface area contributed by atoms with E-state index in [1.807, 2.05) is 0 Å². The van der Waals surface area contributed by atoms with Gasteiger partial charge in [-0.2, -0.15) is 78.9 Å². The number of carbonyl (C=O) groups is 1. The zero-order chi connectivity index (χ0) is 30.5. The fourth-order valence-corrected chi connectivity index (χ4v) is 3.18. The minimum atomic E-state index is -8.89. The second-order valence-electron chi connectivity index (χ2n) is 6.86. The van der Waals surface area contributed by atoms with Crippen LogP contribution in [0, 0.1) is 0 Å². The molecule has 37 heavy (non-hydrogen) atoms. The lowest BCUT2D eigenvalue weighted by Gasteiger charge is -2.42. The summed E-state index contributed by atoms with van der Waals surface area (Å²) in [6.07, 6.45) is -8.33. The quantitative estimate of drug-likeness (QED) is 0.225. The van der Waals surface area contributed by atoms with Crippen LogP contribution in [0.5, 0.6) is 0 Å². The number of carbonyl (C=O) groups excluding carboxylic acids is 1. The predicted octanol–water partition coefficient (Wildman–Crippen LogP) is 5.17. The molecule has 222 valence electrons. The third-order valence-corrected chi connectivity index (χ3v) is 6.29. The first-order valence-corrected chi connectivity index (χ1v) is 10.1. The van der Waals surface area contributed by atoms with E-state index in [2.05, 4.69) is 4.74 Å². The summed E-state index contributed by atoms with van der Waals surface area (Å²) in [7, 11) is -7.54. The summed E-state index contributed by atoms with van der Waals surface area (Å²) in [6.45, 7) is -1.75.